The van der Waals surface area contributed by atoms with Crippen LogP contribution in [-0.2, 0) is 9.60 Å². The minimum absolute atomic E-state index is 0. The molecule has 0 aromatic carbocycles. The summed E-state index contributed by atoms with van der Waals surface area (Å²) in [6.07, 6.45) is 0. The third-order valence-electron chi connectivity index (χ3n) is 0. The molecule has 0 rings (SSSR count). The topological polar surface area (TPSA) is 136 Å². The van der Waals surface area contributed by atoms with Crippen molar-refractivity contribution in [3.05, 3.63) is 0 Å². The fourth-order valence-corrected chi connectivity index (χ4v) is 0. The Balaban J connectivity index is -0.0000000326. The van der Waals surface area contributed by atoms with Gasteiger partial charge in [-0.2, -0.15) is 7.82 Å². The van der Waals surface area contributed by atoms with Crippen molar-refractivity contribution in [2.75, 3.05) is 0 Å². The maximum Gasteiger partial charge on any atom is 2.00 e. The summed E-state index contributed by atoms with van der Waals surface area (Å²) in [5, 5.41) is 15.5. The molecule has 0 aliphatic rings. The maximum atomic E-state index is 8.55. The SMILES string of the molecule is O=P([O-])([O-])[O-].OOO.[Ca+2].[Mg+2]. The van der Waals surface area contributed by atoms with Gasteiger partial charge in [-0.3, -0.25) is 0 Å². The Hall–Kier alpha value is 2.02. The van der Waals surface area contributed by atoms with Gasteiger partial charge in [0.1, 0.15) is 0 Å². The van der Waals surface area contributed by atoms with Gasteiger partial charge in [0.2, 0.25) is 0 Å². The zero-order valence-electron chi connectivity index (χ0n) is 4.80. The molecule has 0 unspecified atom stereocenters. The standard InChI is InChI=1S/Ca.Mg.H3O4P.H2O3/c;;1-5(2,3)4;1-3-2/h;;(H3,1,2,3,4);1-2H/q2*+2;;/p-3. The van der Waals surface area contributed by atoms with Gasteiger partial charge in [0.25, 0.3) is 0 Å². The first-order valence-corrected chi connectivity index (χ1v) is 2.56. The van der Waals surface area contributed by atoms with Crippen LogP contribution in [-0.4, -0.2) is 71.3 Å². The minimum atomic E-state index is -5.39. The third kappa shape index (κ3) is 200. The summed E-state index contributed by atoms with van der Waals surface area (Å²) in [7, 11) is -5.39. The van der Waals surface area contributed by atoms with Gasteiger partial charge in [0.15, 0.2) is 0 Å². The minimum Gasteiger partial charge on any atom is -0.822 e. The van der Waals surface area contributed by atoms with E-state index in [1.807, 2.05) is 0 Å². The van der Waals surface area contributed by atoms with Crippen LogP contribution in [0.25, 0.3) is 0 Å². The van der Waals surface area contributed by atoms with Crippen LogP contribution in [0.1, 0.15) is 0 Å². The fraction of sp³-hybridized carbons (Fsp3) is 0. The zero-order valence-corrected chi connectivity index (χ0v) is 9.31. The van der Waals surface area contributed by atoms with Crippen LogP contribution < -0.4 is 14.7 Å². The Kier molecular flexibility index (Phi) is 30.9. The van der Waals surface area contributed by atoms with Gasteiger partial charge < -0.3 is 19.2 Å². The molecule has 0 spiro atoms. The van der Waals surface area contributed by atoms with Crippen molar-refractivity contribution < 1.29 is 34.8 Å². The van der Waals surface area contributed by atoms with Gasteiger partial charge in [-0.05, 0) is 0 Å². The largest absolute Gasteiger partial charge is 2.00 e. The normalized spacial score (nSPS) is 7.70. The molecule has 0 saturated heterocycles. The first-order chi connectivity index (χ1) is 3.41. The molecule has 10 heavy (non-hydrogen) atoms. The quantitative estimate of drug-likeness (QED) is 0.182. The summed E-state index contributed by atoms with van der Waals surface area (Å²) in [6.45, 7) is 0. The van der Waals surface area contributed by atoms with Crippen LogP contribution in [0.3, 0.4) is 0 Å². The van der Waals surface area contributed by atoms with E-state index in [4.69, 9.17) is 29.8 Å². The second-order valence-corrected chi connectivity index (χ2v) is 1.42. The van der Waals surface area contributed by atoms with Crippen molar-refractivity contribution in [1.82, 2.24) is 0 Å². The zero-order chi connectivity index (χ0) is 7.21. The molecule has 0 aliphatic heterocycles. The summed E-state index contributed by atoms with van der Waals surface area (Å²) in [6, 6.07) is 0. The van der Waals surface area contributed by atoms with E-state index in [9.17, 15) is 0 Å². The van der Waals surface area contributed by atoms with Crippen molar-refractivity contribution in [2.45, 2.75) is 0 Å². The molecule has 0 heterocycles. The molecule has 52 valence electrons. The maximum absolute atomic E-state index is 8.55. The van der Waals surface area contributed by atoms with Gasteiger partial charge >= 0.3 is 60.8 Å². The van der Waals surface area contributed by atoms with Crippen LogP contribution in [0.5, 0.6) is 0 Å². The molecule has 0 amide bonds. The Morgan fingerprint density at radius 1 is 1.20 bits per heavy atom. The summed E-state index contributed by atoms with van der Waals surface area (Å²) >= 11 is 0. The summed E-state index contributed by atoms with van der Waals surface area (Å²) in [5.74, 6) is 0. The van der Waals surface area contributed by atoms with Gasteiger partial charge in [-0.25, -0.2) is 10.5 Å². The molecule has 0 fully saturated rings. The van der Waals surface area contributed by atoms with E-state index in [0.29, 0.717) is 0 Å². The van der Waals surface area contributed by atoms with Crippen molar-refractivity contribution in [3.63, 3.8) is 0 Å². The number of rotatable bonds is 0. The van der Waals surface area contributed by atoms with E-state index in [0.717, 1.165) is 0 Å². The Morgan fingerprint density at radius 3 is 1.20 bits per heavy atom. The van der Waals surface area contributed by atoms with Crippen LogP contribution in [0, 0.1) is 0 Å². The van der Waals surface area contributed by atoms with E-state index in [2.05, 4.69) is 5.04 Å². The Bertz CT molecular complexity index is 69.4. The van der Waals surface area contributed by atoms with Crippen LogP contribution in [0.4, 0.5) is 0 Å². The molecule has 10 heteroatoms. The van der Waals surface area contributed by atoms with E-state index < -0.39 is 7.82 Å². The molecule has 0 aromatic heterocycles. The van der Waals surface area contributed by atoms with E-state index in [1.165, 1.54) is 0 Å². The predicted octanol–water partition coefficient (Wildman–Crippen LogP) is -3.64. The molecule has 2 N–H and O–H groups in total. The van der Waals surface area contributed by atoms with Crippen LogP contribution >= 0.6 is 7.82 Å². The predicted molar refractivity (Wildman–Crippen MR) is 25.5 cm³/mol. The Labute approximate surface area is 102 Å². The second-order valence-electron chi connectivity index (χ2n) is 0.529. The number of phosphoric acid groups is 1. The third-order valence-corrected chi connectivity index (χ3v) is 0. The Morgan fingerprint density at radius 2 is 1.20 bits per heavy atom. The molecule has 0 radical (unpaired) electrons. The molecule has 0 bridgehead atoms. The summed E-state index contributed by atoms with van der Waals surface area (Å²) in [5.41, 5.74) is 0. The molecular formula is H2CaMgO7P+. The molecule has 0 saturated carbocycles. The molecule has 0 atom stereocenters. The van der Waals surface area contributed by atoms with Gasteiger partial charge in [0, 0.05) is 0 Å². The monoisotopic (exact) mass is 209 g/mol. The fourth-order valence-electron chi connectivity index (χ4n) is 0. The van der Waals surface area contributed by atoms with Gasteiger partial charge in [-0.15, -0.1) is 0 Å². The van der Waals surface area contributed by atoms with E-state index in [-0.39, 0.29) is 60.8 Å². The van der Waals surface area contributed by atoms with Crippen molar-refractivity contribution in [2.24, 2.45) is 0 Å². The summed E-state index contributed by atoms with van der Waals surface area (Å²) in [4.78, 5) is 25.6. The van der Waals surface area contributed by atoms with Crippen molar-refractivity contribution >= 4 is 68.6 Å². The van der Waals surface area contributed by atoms with Gasteiger partial charge in [-0.1, -0.05) is 5.04 Å². The van der Waals surface area contributed by atoms with Gasteiger partial charge in [0.05, 0.1) is 0 Å². The number of hydrogen-bond acceptors (Lipinski definition) is 7. The number of hydrogen-bond donors (Lipinski definition) is 2. The molecule has 7 nitrogen and oxygen atoms in total. The average Bonchev–Trinajstić information content (AvgIpc) is 1.27. The van der Waals surface area contributed by atoms with Crippen molar-refractivity contribution in [3.8, 4) is 0 Å². The molecule has 0 aromatic rings. The smallest absolute Gasteiger partial charge is 0.822 e. The van der Waals surface area contributed by atoms with Crippen molar-refractivity contribution in [1.29, 1.82) is 0 Å². The second kappa shape index (κ2) is 13.6. The molecule has 0 aliphatic carbocycles. The first kappa shape index (κ1) is 22.7. The summed E-state index contributed by atoms with van der Waals surface area (Å²) < 4.78 is 8.55. The first-order valence-electron chi connectivity index (χ1n) is 1.10. The van der Waals surface area contributed by atoms with Crippen LogP contribution in [0.15, 0.2) is 0 Å². The van der Waals surface area contributed by atoms with Crippen LogP contribution in [0.2, 0.25) is 0 Å². The van der Waals surface area contributed by atoms with E-state index in [1.54, 1.807) is 0 Å². The van der Waals surface area contributed by atoms with E-state index >= 15 is 0 Å². The molecular weight excluding hydrogens is 207 g/mol. The average molecular weight is 209 g/mol.